The van der Waals surface area contributed by atoms with Gasteiger partial charge >= 0.3 is 0 Å². The van der Waals surface area contributed by atoms with Crippen molar-refractivity contribution in [1.29, 1.82) is 0 Å². The Morgan fingerprint density at radius 2 is 2.04 bits per heavy atom. The highest BCUT2D eigenvalue weighted by molar-refractivity contribution is 5.92. The van der Waals surface area contributed by atoms with Gasteiger partial charge in [0.1, 0.15) is 17.5 Å². The molecule has 6 heteroatoms. The number of nitrogens with zero attached hydrogens (tertiary/aromatic N) is 5. The molecule has 0 saturated carbocycles. The lowest BCUT2D eigenvalue weighted by atomic mass is 9.96. The largest absolute Gasteiger partial charge is 0.370 e. The summed E-state index contributed by atoms with van der Waals surface area (Å²) < 4.78 is 16.2. The van der Waals surface area contributed by atoms with Crippen LogP contribution in [-0.2, 0) is 13.0 Å². The minimum atomic E-state index is -0.215. The number of aryl methyl sites for hydroxylation is 2. The molecule has 0 spiro atoms. The van der Waals surface area contributed by atoms with Gasteiger partial charge < -0.3 is 9.47 Å². The van der Waals surface area contributed by atoms with Crippen molar-refractivity contribution in [3.8, 4) is 0 Å². The minimum absolute atomic E-state index is 0.215. The number of halogens is 1. The van der Waals surface area contributed by atoms with Gasteiger partial charge in [0, 0.05) is 48.7 Å². The number of hydrogen-bond donors (Lipinski definition) is 0. The molecular weight excluding hydrogens is 329 g/mol. The fourth-order valence-corrected chi connectivity index (χ4v) is 4.45. The topological polar surface area (TPSA) is 46.8 Å². The maximum atomic E-state index is 13.9. The Balaban J connectivity index is 1.52. The van der Waals surface area contributed by atoms with Crippen LogP contribution in [-0.4, -0.2) is 32.8 Å². The van der Waals surface area contributed by atoms with Gasteiger partial charge in [-0.15, -0.1) is 10.2 Å². The monoisotopic (exact) mass is 351 g/mol. The summed E-state index contributed by atoms with van der Waals surface area (Å²) in [5, 5.41) is 9.77. The summed E-state index contributed by atoms with van der Waals surface area (Å²) in [5.74, 6) is 2.42. The van der Waals surface area contributed by atoms with Gasteiger partial charge in [-0.1, -0.05) is 0 Å². The molecule has 1 fully saturated rings. The zero-order chi connectivity index (χ0) is 17.7. The van der Waals surface area contributed by atoms with Crippen LogP contribution in [0.4, 0.5) is 10.1 Å². The van der Waals surface area contributed by atoms with E-state index in [0.29, 0.717) is 5.92 Å². The van der Waals surface area contributed by atoms with Crippen molar-refractivity contribution in [2.24, 2.45) is 0 Å². The summed E-state index contributed by atoms with van der Waals surface area (Å²) in [6, 6.07) is 6.94. The number of fused-ring (bicyclic) bond motifs is 2. The highest BCUT2D eigenvalue weighted by Crippen LogP contribution is 2.34. The van der Waals surface area contributed by atoms with Gasteiger partial charge in [-0.2, -0.15) is 0 Å². The molecular formula is C20H22FN5. The molecule has 0 N–H and O–H groups in total. The summed E-state index contributed by atoms with van der Waals surface area (Å²) in [6.07, 6.45) is 4.44. The number of rotatable bonds is 2. The van der Waals surface area contributed by atoms with Crippen molar-refractivity contribution in [3.05, 3.63) is 47.4 Å². The molecule has 4 heterocycles. The Morgan fingerprint density at radius 1 is 1.12 bits per heavy atom. The van der Waals surface area contributed by atoms with Crippen LogP contribution in [0, 0.1) is 12.7 Å². The molecule has 2 aliphatic rings. The molecule has 2 aliphatic heterocycles. The number of anilines is 1. The van der Waals surface area contributed by atoms with E-state index in [9.17, 15) is 4.39 Å². The van der Waals surface area contributed by atoms with Crippen molar-refractivity contribution in [2.75, 3.05) is 18.0 Å². The predicted octanol–water partition coefficient (Wildman–Crippen LogP) is 3.60. The quantitative estimate of drug-likeness (QED) is 0.708. The third-order valence-corrected chi connectivity index (χ3v) is 5.64. The molecule has 1 aromatic carbocycles. The van der Waals surface area contributed by atoms with Gasteiger partial charge in [0.05, 0.1) is 5.52 Å². The van der Waals surface area contributed by atoms with Crippen molar-refractivity contribution in [1.82, 2.24) is 19.7 Å². The van der Waals surface area contributed by atoms with Crippen molar-refractivity contribution < 1.29 is 4.39 Å². The van der Waals surface area contributed by atoms with Crippen LogP contribution in [0.25, 0.3) is 10.9 Å². The first-order valence-electron chi connectivity index (χ1n) is 9.43. The Bertz CT molecular complexity index is 980. The van der Waals surface area contributed by atoms with Crippen molar-refractivity contribution in [3.63, 3.8) is 0 Å². The second-order valence-electron chi connectivity index (χ2n) is 7.46. The van der Waals surface area contributed by atoms with E-state index >= 15 is 0 Å². The second kappa shape index (κ2) is 6.04. The standard InChI is InChI=1S/C20H22FN5/c1-13-10-18(16-11-15(21)6-7-17(16)22-13)25-8-2-4-14(12-25)20-24-23-19-5-3-9-26(19)20/h6-7,10-11,14H,2-5,8-9,12H2,1H3. The Labute approximate surface area is 151 Å². The second-order valence-corrected chi connectivity index (χ2v) is 7.46. The number of aromatic nitrogens is 4. The Morgan fingerprint density at radius 3 is 2.96 bits per heavy atom. The molecule has 1 saturated heterocycles. The lowest BCUT2D eigenvalue weighted by molar-refractivity contribution is 0.473. The number of piperidine rings is 1. The maximum absolute atomic E-state index is 13.9. The molecule has 26 heavy (non-hydrogen) atoms. The summed E-state index contributed by atoms with van der Waals surface area (Å²) in [6.45, 7) is 4.91. The smallest absolute Gasteiger partial charge is 0.137 e. The Hall–Kier alpha value is -2.50. The molecule has 0 radical (unpaired) electrons. The van der Waals surface area contributed by atoms with E-state index in [2.05, 4.69) is 30.7 Å². The molecule has 1 atom stereocenters. The predicted molar refractivity (Wildman–Crippen MR) is 99.0 cm³/mol. The third kappa shape index (κ3) is 2.55. The van der Waals surface area contributed by atoms with E-state index in [1.54, 1.807) is 12.1 Å². The number of benzene rings is 1. The molecule has 1 unspecified atom stereocenters. The molecule has 5 nitrogen and oxygen atoms in total. The average Bonchev–Trinajstić information content (AvgIpc) is 3.25. The summed E-state index contributed by atoms with van der Waals surface area (Å²) in [7, 11) is 0. The Kier molecular flexibility index (Phi) is 3.65. The molecule has 2 aromatic heterocycles. The fourth-order valence-electron chi connectivity index (χ4n) is 4.45. The number of hydrogen-bond acceptors (Lipinski definition) is 4. The lowest BCUT2D eigenvalue weighted by Crippen LogP contribution is -2.35. The van der Waals surface area contributed by atoms with Gasteiger partial charge in [0.15, 0.2) is 0 Å². The lowest BCUT2D eigenvalue weighted by Gasteiger charge is -2.34. The van der Waals surface area contributed by atoms with Crippen LogP contribution in [0.5, 0.6) is 0 Å². The summed E-state index contributed by atoms with van der Waals surface area (Å²) >= 11 is 0. The van der Waals surface area contributed by atoms with Crippen molar-refractivity contribution in [2.45, 2.75) is 45.1 Å². The molecule has 0 amide bonds. The van der Waals surface area contributed by atoms with Gasteiger partial charge in [-0.05, 0) is 50.5 Å². The SMILES string of the molecule is Cc1cc(N2CCCC(c3nnc4n3CCC4)C2)c2cc(F)ccc2n1. The van der Waals surface area contributed by atoms with Crippen LogP contribution in [0.3, 0.4) is 0 Å². The molecule has 0 aliphatic carbocycles. The van der Waals surface area contributed by atoms with Crippen LogP contribution in [0.15, 0.2) is 24.3 Å². The summed E-state index contributed by atoms with van der Waals surface area (Å²) in [5.41, 5.74) is 2.90. The molecule has 134 valence electrons. The average molecular weight is 351 g/mol. The zero-order valence-corrected chi connectivity index (χ0v) is 15.0. The van der Waals surface area contributed by atoms with Gasteiger partial charge in [-0.25, -0.2) is 4.39 Å². The highest BCUT2D eigenvalue weighted by atomic mass is 19.1. The van der Waals surface area contributed by atoms with Gasteiger partial charge in [-0.3, -0.25) is 4.98 Å². The molecule has 3 aromatic rings. The van der Waals surface area contributed by atoms with Crippen molar-refractivity contribution >= 4 is 16.6 Å². The van der Waals surface area contributed by atoms with E-state index in [1.807, 2.05) is 6.92 Å². The third-order valence-electron chi connectivity index (χ3n) is 5.64. The van der Waals surface area contributed by atoms with E-state index < -0.39 is 0 Å². The first kappa shape index (κ1) is 15.7. The first-order valence-corrected chi connectivity index (χ1v) is 9.43. The van der Waals surface area contributed by atoms with E-state index in [-0.39, 0.29) is 5.82 Å². The van der Waals surface area contributed by atoms with Gasteiger partial charge in [0.25, 0.3) is 0 Å². The van der Waals surface area contributed by atoms with Gasteiger partial charge in [0.2, 0.25) is 0 Å². The van der Waals surface area contributed by atoms with E-state index in [1.165, 1.54) is 12.5 Å². The minimum Gasteiger partial charge on any atom is -0.370 e. The summed E-state index contributed by atoms with van der Waals surface area (Å²) in [4.78, 5) is 6.94. The van der Waals surface area contributed by atoms with Crippen LogP contribution in [0.2, 0.25) is 0 Å². The van der Waals surface area contributed by atoms with E-state index in [0.717, 1.165) is 72.8 Å². The molecule has 5 rings (SSSR count). The normalized spacial score (nSPS) is 19.9. The van der Waals surface area contributed by atoms with E-state index in [4.69, 9.17) is 0 Å². The maximum Gasteiger partial charge on any atom is 0.137 e. The number of pyridine rings is 1. The zero-order valence-electron chi connectivity index (χ0n) is 15.0. The van der Waals surface area contributed by atoms with Crippen LogP contribution >= 0.6 is 0 Å². The highest BCUT2D eigenvalue weighted by Gasteiger charge is 2.29. The first-order chi connectivity index (χ1) is 12.7. The fraction of sp³-hybridized carbons (Fsp3) is 0.450. The van der Waals surface area contributed by atoms with Crippen LogP contribution in [0.1, 0.15) is 42.5 Å². The van der Waals surface area contributed by atoms with Crippen LogP contribution < -0.4 is 4.90 Å². The molecule has 0 bridgehead atoms.